The third kappa shape index (κ3) is 10.2. The number of benzene rings is 20. The van der Waals surface area contributed by atoms with Crippen molar-refractivity contribution in [1.29, 1.82) is 0 Å². The van der Waals surface area contributed by atoms with Gasteiger partial charge < -0.3 is 23.8 Å². The minimum absolute atomic E-state index is 0.0811. The molecular weight excluding hydrogens is 1580 g/mol. The van der Waals surface area contributed by atoms with Crippen LogP contribution in [0.1, 0.15) is 72.1 Å². The second-order valence-electron chi connectivity index (χ2n) is 32.7. The largest absolute Gasteiger partial charge is 0.456 e. The fraction of sp³-hybridized carbons (Fsp3) is 0.0252. The van der Waals surface area contributed by atoms with Crippen LogP contribution in [0.25, 0.3) is 154 Å². The van der Waals surface area contributed by atoms with Crippen molar-refractivity contribution in [2.24, 2.45) is 0 Å². The van der Waals surface area contributed by atoms with Crippen LogP contribution in [0.5, 0.6) is 0 Å². The second kappa shape index (κ2) is 27.7. The number of halogens is 1. The van der Waals surface area contributed by atoms with Gasteiger partial charge in [0.15, 0.2) is 0 Å². The van der Waals surface area contributed by atoms with E-state index in [1.807, 2.05) is 109 Å². The first kappa shape index (κ1) is 60.0. The maximum Gasteiger partial charge on any atom is 0.137 e. The van der Waals surface area contributed by atoms with Crippen molar-refractivity contribution in [3.05, 3.63) is 497 Å². The van der Waals surface area contributed by atoms with E-state index in [2.05, 4.69) is 290 Å². The van der Waals surface area contributed by atoms with Crippen molar-refractivity contribution in [2.75, 3.05) is 10.2 Å². The Morgan fingerprint density at radius 2 is 0.744 bits per heavy atom. The fourth-order valence-electron chi connectivity index (χ4n) is 21.8. The van der Waals surface area contributed by atoms with Crippen molar-refractivity contribution < 1.29 is 20.9 Å². The van der Waals surface area contributed by atoms with E-state index in [1.54, 1.807) is 0 Å². The van der Waals surface area contributed by atoms with Gasteiger partial charge in [-0.05, 0) is 232 Å². The lowest BCUT2D eigenvalue weighted by Crippen LogP contribution is -2.31. The number of fused-ring (bicyclic) bond motifs is 30. The summed E-state index contributed by atoms with van der Waals surface area (Å²) >= 11 is 3.75. The summed E-state index contributed by atoms with van der Waals surface area (Å²) in [4.78, 5) is 2.42. The number of hydrogen-bond acceptors (Lipinski definition) is 3. The highest BCUT2D eigenvalue weighted by atomic mass is 79.9. The van der Waals surface area contributed by atoms with Crippen LogP contribution in [0.4, 0.5) is 28.4 Å². The summed E-state index contributed by atoms with van der Waals surface area (Å²) in [5, 5.41) is 11.8. The van der Waals surface area contributed by atoms with Crippen LogP contribution in [0.2, 0.25) is 0 Å². The van der Waals surface area contributed by atoms with Crippen LogP contribution in [0.15, 0.2) is 445 Å². The molecule has 0 fully saturated rings. The summed E-state index contributed by atoms with van der Waals surface area (Å²) in [6, 6.07) is 123. The van der Waals surface area contributed by atoms with Crippen molar-refractivity contribution in [3.8, 4) is 67.0 Å². The molecule has 20 aromatic carbocycles. The molecule has 2 atom stereocenters. The van der Waals surface area contributed by atoms with Gasteiger partial charge in [0, 0.05) is 70.8 Å². The molecule has 23 aromatic rings. The second-order valence-corrected chi connectivity index (χ2v) is 33.6. The lowest BCUT2D eigenvalue weighted by atomic mass is 9.61. The summed E-state index contributed by atoms with van der Waals surface area (Å²) in [6.07, 6.45) is 0.825. The predicted octanol–water partition coefficient (Wildman–Crippen LogP) is 31.7. The van der Waals surface area contributed by atoms with E-state index in [0.29, 0.717) is 33.0 Å². The molecule has 3 heterocycles. The van der Waals surface area contributed by atoms with Crippen molar-refractivity contribution >= 4 is 131 Å². The SMILES string of the molecule is [2H]c1c([2H])c2c3c(c([2H])c([2H])c([2H])c3c1[2H])C1(c3ccccc3-c3c(Br)cccc31)c1ccccc1-2.[2H]c1c([2H])c2c3c(c([2H])c([2H])c([2H])c3c1[2H])C1(c3ccccc3-c3c(N(c4ccc5c(c4)c4ccccc4n5-c4ccccc4)c4cccc5c4-c4ccccc4C5)cccc31)c1ccccc1-2.c1ccc(-n2c3ccccc3c3cc(Nc4cccc5oc6ccccc6c45)ccc32)cc1. The molecule has 0 saturated heterocycles. The number of furan rings is 1. The zero-order chi connectivity index (χ0) is 92.6. The van der Waals surface area contributed by atoms with E-state index < -0.39 is 10.8 Å². The average molecular weight is 1670 g/mol. The Labute approximate surface area is 747 Å². The molecule has 125 heavy (non-hydrogen) atoms. The molecule has 5 aliphatic carbocycles. The molecule has 0 saturated carbocycles. The Kier molecular flexibility index (Phi) is 13.3. The molecule has 584 valence electrons. The average Bonchev–Trinajstić information content (AvgIpc) is 1.54. The quantitative estimate of drug-likeness (QED) is 0.173. The van der Waals surface area contributed by atoms with Gasteiger partial charge in [0.05, 0.1) is 71.8 Å². The molecule has 0 amide bonds. The molecule has 5 aliphatic rings. The van der Waals surface area contributed by atoms with E-state index in [-0.39, 0.29) is 83.3 Å². The van der Waals surface area contributed by atoms with Gasteiger partial charge in [-0.15, -0.1) is 0 Å². The third-order valence-corrected chi connectivity index (χ3v) is 27.3. The van der Waals surface area contributed by atoms with Gasteiger partial charge in [-0.2, -0.15) is 0 Å². The minimum atomic E-state index is -1.18. The van der Waals surface area contributed by atoms with Gasteiger partial charge in [-0.25, -0.2) is 0 Å². The van der Waals surface area contributed by atoms with Crippen molar-refractivity contribution in [1.82, 2.24) is 9.13 Å². The first-order valence-electron chi connectivity index (χ1n) is 48.2. The highest BCUT2D eigenvalue weighted by Crippen LogP contribution is 2.66. The Morgan fingerprint density at radius 3 is 1.37 bits per heavy atom. The maximum absolute atomic E-state index is 9.94. The zero-order valence-corrected chi connectivity index (χ0v) is 68.6. The number of hydrogen-bond donors (Lipinski definition) is 1. The van der Waals surface area contributed by atoms with Gasteiger partial charge in [0.25, 0.3) is 0 Å². The van der Waals surface area contributed by atoms with Gasteiger partial charge in [-0.3, -0.25) is 0 Å². The van der Waals surface area contributed by atoms with Crippen LogP contribution < -0.4 is 10.2 Å². The third-order valence-electron chi connectivity index (χ3n) is 26.6. The first-order valence-corrected chi connectivity index (χ1v) is 43.0. The van der Waals surface area contributed by atoms with E-state index in [1.165, 1.54) is 49.7 Å². The molecule has 1 N–H and O–H groups in total. The number of nitrogens with one attached hydrogen (secondary N) is 1. The smallest absolute Gasteiger partial charge is 0.137 e. The minimum Gasteiger partial charge on any atom is -0.456 e. The molecule has 5 nitrogen and oxygen atoms in total. The van der Waals surface area contributed by atoms with Gasteiger partial charge in [0.1, 0.15) is 11.2 Å². The number of para-hydroxylation sites is 5. The first-order chi connectivity index (χ1) is 67.0. The van der Waals surface area contributed by atoms with E-state index in [9.17, 15) is 8.22 Å². The van der Waals surface area contributed by atoms with Gasteiger partial charge in [0.2, 0.25) is 0 Å². The number of anilines is 5. The Bertz CT molecular complexity index is 9250. The monoisotopic (exact) mass is 1670 g/mol. The Morgan fingerprint density at radius 1 is 0.304 bits per heavy atom. The van der Waals surface area contributed by atoms with E-state index >= 15 is 0 Å². The molecule has 3 aromatic heterocycles. The van der Waals surface area contributed by atoms with E-state index in [0.717, 1.165) is 156 Å². The van der Waals surface area contributed by atoms with Crippen molar-refractivity contribution in [3.63, 3.8) is 0 Å². The highest BCUT2D eigenvalue weighted by molar-refractivity contribution is 9.10. The van der Waals surface area contributed by atoms with Crippen LogP contribution >= 0.6 is 15.9 Å². The van der Waals surface area contributed by atoms with Crippen LogP contribution in [-0.4, -0.2) is 9.13 Å². The molecule has 6 heteroatoms. The lowest BCUT2D eigenvalue weighted by Gasteiger charge is -2.40. The number of nitrogens with zero attached hydrogens (tertiary/aromatic N) is 3. The van der Waals surface area contributed by atoms with Crippen LogP contribution in [-0.2, 0) is 17.3 Å². The summed E-state index contributed by atoms with van der Waals surface area (Å²) in [6.45, 7) is 0. The normalized spacial score (nSPS) is 16.1. The van der Waals surface area contributed by atoms with Gasteiger partial charge in [-0.1, -0.05) is 343 Å². The lowest BCUT2D eigenvalue weighted by molar-refractivity contribution is 0.669. The molecule has 28 rings (SSSR count). The predicted molar refractivity (Wildman–Crippen MR) is 523 cm³/mol. The maximum atomic E-state index is 9.94. The molecule has 2 unspecified atom stereocenters. The molecule has 0 bridgehead atoms. The van der Waals surface area contributed by atoms with E-state index in [4.69, 9.17) is 12.6 Å². The summed E-state index contributed by atoms with van der Waals surface area (Å²) in [7, 11) is 0. The summed E-state index contributed by atoms with van der Waals surface area (Å²) in [5.41, 5.74) is 29.3. The standard InChI is InChI=1S/C60H38N2.C30H20N2O.C29H17Br/c1-2-20-41(21-3-1)61-53-31-11-8-24-45(53)48-37-42(34-35-54(48)61)62(55-32-14-19-40-36-39-16-4-5-22-43(39)58(40)55)56-33-15-30-52-59(56)47-25-7-10-28-50(47)60(52)49-27-9-6-23-44(49)46-26-12-17-38-18-13-29-51(60)57(38)46;1-2-9-21(10-3-1)32-26-14-6-4-11-22(26)24-19-20(17-18-27(24)32)31-25-13-8-16-29-30(25)23-12-5-7-15-28(23)33-29;30-26-17-7-16-25-28(26)21-11-2-4-14-23(21)29(25)22-13-3-1-10-19(22)20-12-5-8-18-9-6-15-24(29)27(18)20/h1-35,37H,36H2;1-19,31H;1-17H/i12D,13D,17D,18D,26D,29D;;5D,6D,8D,9D,12D,15D. The molecule has 2 spiro atoms. The van der Waals surface area contributed by atoms with Crippen molar-refractivity contribution in [2.45, 2.75) is 17.3 Å². The van der Waals surface area contributed by atoms with Crippen LogP contribution in [0.3, 0.4) is 0 Å². The Hall–Kier alpha value is -15.6. The summed E-state index contributed by atoms with van der Waals surface area (Å²) < 4.78 is 121. The zero-order valence-electron chi connectivity index (χ0n) is 79.0. The molecule has 0 aliphatic heterocycles. The topological polar surface area (TPSA) is 38.3 Å². The fourth-order valence-corrected chi connectivity index (χ4v) is 22.4. The molecular formula is C119H75BrN4O. The highest BCUT2D eigenvalue weighted by Gasteiger charge is 2.53. The number of aromatic nitrogens is 2. The number of rotatable bonds is 7. The Balaban J connectivity index is 0.000000118. The summed E-state index contributed by atoms with van der Waals surface area (Å²) in [5.74, 6) is 0. The van der Waals surface area contributed by atoms with Crippen LogP contribution in [0, 0.1) is 0 Å². The molecule has 0 radical (unpaired) electrons. The van der Waals surface area contributed by atoms with Gasteiger partial charge >= 0.3 is 0 Å².